The van der Waals surface area contributed by atoms with Gasteiger partial charge in [-0.25, -0.2) is 9.78 Å². The lowest BCUT2D eigenvalue weighted by Gasteiger charge is -2.27. The van der Waals surface area contributed by atoms with Gasteiger partial charge >= 0.3 is 5.97 Å². The summed E-state index contributed by atoms with van der Waals surface area (Å²) in [6, 6.07) is 4.66. The van der Waals surface area contributed by atoms with E-state index >= 15 is 0 Å². The molecule has 1 atom stereocenters. The van der Waals surface area contributed by atoms with Gasteiger partial charge in [0.05, 0.1) is 12.1 Å². The largest absolute Gasteiger partial charge is 0.480 e. The molecule has 1 amide bonds. The fourth-order valence-electron chi connectivity index (χ4n) is 2.10. The number of fused-ring (bicyclic) bond motifs is 1. The second-order valence-corrected chi connectivity index (χ2v) is 6.08. The van der Waals surface area contributed by atoms with Crippen LogP contribution < -0.4 is 5.32 Å². The number of amides is 1. The Morgan fingerprint density at radius 3 is 2.67 bits per heavy atom. The first-order chi connectivity index (χ1) is 9.77. The average molecular weight is 289 g/mol. The minimum Gasteiger partial charge on any atom is -0.480 e. The van der Waals surface area contributed by atoms with Crippen molar-refractivity contribution in [2.24, 2.45) is 5.41 Å². The van der Waals surface area contributed by atoms with Gasteiger partial charge in [-0.1, -0.05) is 26.8 Å². The van der Waals surface area contributed by atoms with E-state index in [9.17, 15) is 14.7 Å². The highest BCUT2D eigenvalue weighted by molar-refractivity contribution is 5.85. The van der Waals surface area contributed by atoms with E-state index < -0.39 is 17.4 Å². The van der Waals surface area contributed by atoms with Gasteiger partial charge in [0.15, 0.2) is 0 Å². The van der Waals surface area contributed by atoms with E-state index in [2.05, 4.69) is 10.3 Å². The van der Waals surface area contributed by atoms with Crippen LogP contribution in [0, 0.1) is 5.41 Å². The molecule has 6 heteroatoms. The van der Waals surface area contributed by atoms with Gasteiger partial charge < -0.3 is 14.8 Å². The van der Waals surface area contributed by atoms with Crippen LogP contribution in [0.4, 0.5) is 0 Å². The molecule has 0 saturated carbocycles. The number of hydrogen-bond donors (Lipinski definition) is 2. The van der Waals surface area contributed by atoms with E-state index in [0.29, 0.717) is 5.69 Å². The van der Waals surface area contributed by atoms with Crippen molar-refractivity contribution in [3.8, 4) is 0 Å². The SMILES string of the molecule is CC(C)(C)[C@@H](NC(=O)Cc1cn2ccccc2n1)C(=O)O. The van der Waals surface area contributed by atoms with Crippen LogP contribution in [0.25, 0.3) is 5.65 Å². The first-order valence-electron chi connectivity index (χ1n) is 6.72. The van der Waals surface area contributed by atoms with Crippen LogP contribution in [-0.2, 0) is 16.0 Å². The fraction of sp³-hybridized carbons (Fsp3) is 0.400. The van der Waals surface area contributed by atoms with Crippen molar-refractivity contribution in [3.63, 3.8) is 0 Å². The van der Waals surface area contributed by atoms with Crippen molar-refractivity contribution in [2.45, 2.75) is 33.2 Å². The van der Waals surface area contributed by atoms with Crippen molar-refractivity contribution in [2.75, 3.05) is 0 Å². The zero-order valence-corrected chi connectivity index (χ0v) is 12.3. The summed E-state index contributed by atoms with van der Waals surface area (Å²) in [4.78, 5) is 27.6. The molecule has 2 aromatic rings. The van der Waals surface area contributed by atoms with E-state index in [-0.39, 0.29) is 12.3 Å². The summed E-state index contributed by atoms with van der Waals surface area (Å²) in [5.41, 5.74) is 0.808. The van der Waals surface area contributed by atoms with Crippen molar-refractivity contribution in [3.05, 3.63) is 36.3 Å². The molecular formula is C15H19N3O3. The lowest BCUT2D eigenvalue weighted by molar-refractivity contribution is -0.144. The molecule has 2 rings (SSSR count). The average Bonchev–Trinajstić information content (AvgIpc) is 2.76. The van der Waals surface area contributed by atoms with Crippen molar-refractivity contribution in [1.82, 2.24) is 14.7 Å². The van der Waals surface area contributed by atoms with E-state index in [1.165, 1.54) is 0 Å². The van der Waals surface area contributed by atoms with Gasteiger partial charge in [0.2, 0.25) is 5.91 Å². The Hall–Kier alpha value is -2.37. The molecule has 112 valence electrons. The van der Waals surface area contributed by atoms with Crippen LogP contribution in [0.15, 0.2) is 30.6 Å². The lowest BCUT2D eigenvalue weighted by atomic mass is 9.86. The predicted octanol–water partition coefficient (Wildman–Crippen LogP) is 1.49. The Labute approximate surface area is 122 Å². The first-order valence-corrected chi connectivity index (χ1v) is 6.72. The van der Waals surface area contributed by atoms with Crippen molar-refractivity contribution >= 4 is 17.5 Å². The smallest absolute Gasteiger partial charge is 0.326 e. The Kier molecular flexibility index (Phi) is 3.97. The standard InChI is InChI=1S/C15H19N3O3/c1-15(2,3)13(14(20)21)17-12(19)8-10-9-18-7-5-4-6-11(18)16-10/h4-7,9,13H,8H2,1-3H3,(H,17,19)(H,20,21)/t13-/m0/s1. The van der Waals surface area contributed by atoms with Crippen LogP contribution in [0.5, 0.6) is 0 Å². The van der Waals surface area contributed by atoms with E-state index in [1.807, 2.05) is 28.8 Å². The van der Waals surface area contributed by atoms with Crippen LogP contribution in [-0.4, -0.2) is 32.4 Å². The molecule has 0 aromatic carbocycles. The number of aromatic nitrogens is 2. The molecule has 21 heavy (non-hydrogen) atoms. The monoisotopic (exact) mass is 289 g/mol. The predicted molar refractivity (Wildman–Crippen MR) is 77.9 cm³/mol. The minimum atomic E-state index is -1.04. The molecule has 2 heterocycles. The van der Waals surface area contributed by atoms with Crippen LogP contribution in [0.1, 0.15) is 26.5 Å². The third kappa shape index (κ3) is 3.59. The second-order valence-electron chi connectivity index (χ2n) is 6.08. The molecule has 0 fully saturated rings. The van der Waals surface area contributed by atoms with Crippen LogP contribution in [0.3, 0.4) is 0 Å². The molecule has 0 aliphatic rings. The summed E-state index contributed by atoms with van der Waals surface area (Å²) in [6.45, 7) is 5.32. The highest BCUT2D eigenvalue weighted by Crippen LogP contribution is 2.19. The van der Waals surface area contributed by atoms with Gasteiger partial charge in [-0.15, -0.1) is 0 Å². The van der Waals surface area contributed by atoms with Crippen molar-refractivity contribution in [1.29, 1.82) is 0 Å². The fourth-order valence-corrected chi connectivity index (χ4v) is 2.10. The molecule has 2 N–H and O–H groups in total. The molecule has 0 saturated heterocycles. The minimum absolute atomic E-state index is 0.0571. The zero-order valence-electron chi connectivity index (χ0n) is 12.3. The second kappa shape index (κ2) is 5.55. The van der Waals surface area contributed by atoms with Gasteiger partial charge in [-0.05, 0) is 17.5 Å². The summed E-state index contributed by atoms with van der Waals surface area (Å²) < 4.78 is 1.82. The van der Waals surface area contributed by atoms with Crippen molar-refractivity contribution < 1.29 is 14.7 Å². The summed E-state index contributed by atoms with van der Waals surface area (Å²) in [5, 5.41) is 11.8. The molecule has 0 aliphatic heterocycles. The maximum Gasteiger partial charge on any atom is 0.326 e. The number of pyridine rings is 1. The maximum absolute atomic E-state index is 12.0. The summed E-state index contributed by atoms with van der Waals surface area (Å²) >= 11 is 0. The number of nitrogens with zero attached hydrogens (tertiary/aromatic N) is 2. The topological polar surface area (TPSA) is 83.7 Å². The number of imidazole rings is 1. The summed E-state index contributed by atoms with van der Waals surface area (Å²) in [6.07, 6.45) is 3.67. The highest BCUT2D eigenvalue weighted by atomic mass is 16.4. The summed E-state index contributed by atoms with van der Waals surface area (Å²) in [5.74, 6) is -1.38. The lowest BCUT2D eigenvalue weighted by Crippen LogP contribution is -2.49. The van der Waals surface area contributed by atoms with Gasteiger partial charge in [0, 0.05) is 12.4 Å². The molecule has 2 aromatic heterocycles. The molecule has 0 spiro atoms. The number of carboxylic acid groups (broad SMARTS) is 1. The Bertz CT molecular complexity index is 637. The first kappa shape index (κ1) is 15.0. The molecule has 6 nitrogen and oxygen atoms in total. The number of hydrogen-bond acceptors (Lipinski definition) is 3. The molecule has 0 unspecified atom stereocenters. The highest BCUT2D eigenvalue weighted by Gasteiger charge is 2.32. The number of aliphatic carboxylic acids is 1. The molecule has 0 radical (unpaired) electrons. The number of carbonyl (C=O) groups excluding carboxylic acids is 1. The Morgan fingerprint density at radius 1 is 1.38 bits per heavy atom. The van der Waals surface area contributed by atoms with E-state index in [0.717, 1.165) is 5.65 Å². The summed E-state index contributed by atoms with van der Waals surface area (Å²) in [7, 11) is 0. The molecule has 0 bridgehead atoms. The maximum atomic E-state index is 12.0. The van der Waals surface area contributed by atoms with E-state index in [4.69, 9.17) is 0 Å². The number of carbonyl (C=O) groups is 2. The Morgan fingerprint density at radius 2 is 2.10 bits per heavy atom. The Balaban J connectivity index is 2.08. The third-order valence-corrected chi connectivity index (χ3v) is 3.17. The van der Waals surface area contributed by atoms with Gasteiger partial charge in [-0.3, -0.25) is 4.79 Å². The molecular weight excluding hydrogens is 270 g/mol. The third-order valence-electron chi connectivity index (χ3n) is 3.17. The number of nitrogens with one attached hydrogen (secondary N) is 1. The van der Waals surface area contributed by atoms with Crippen LogP contribution in [0.2, 0.25) is 0 Å². The number of carboxylic acids is 1. The number of rotatable bonds is 4. The normalized spacial score (nSPS) is 13.1. The zero-order chi connectivity index (χ0) is 15.6. The van der Waals surface area contributed by atoms with Gasteiger partial charge in [0.1, 0.15) is 11.7 Å². The van der Waals surface area contributed by atoms with E-state index in [1.54, 1.807) is 27.0 Å². The van der Waals surface area contributed by atoms with Gasteiger partial charge in [-0.2, -0.15) is 0 Å². The van der Waals surface area contributed by atoms with Gasteiger partial charge in [0.25, 0.3) is 0 Å². The molecule has 0 aliphatic carbocycles. The van der Waals surface area contributed by atoms with Crippen LogP contribution >= 0.6 is 0 Å². The quantitative estimate of drug-likeness (QED) is 0.893.